The van der Waals surface area contributed by atoms with Gasteiger partial charge in [0.25, 0.3) is 0 Å². The van der Waals surface area contributed by atoms with Gasteiger partial charge >= 0.3 is 0 Å². The highest BCUT2D eigenvalue weighted by atomic mass is 79.9. The summed E-state index contributed by atoms with van der Waals surface area (Å²) in [6, 6.07) is 10.2. The molecule has 3 rings (SSSR count). The summed E-state index contributed by atoms with van der Waals surface area (Å²) in [5.74, 6) is 0.552. The number of benzene rings is 1. The van der Waals surface area contributed by atoms with Gasteiger partial charge in [0.2, 0.25) is 0 Å². The van der Waals surface area contributed by atoms with Crippen LogP contribution in [0.2, 0.25) is 0 Å². The molecule has 1 aliphatic carbocycles. The van der Waals surface area contributed by atoms with E-state index < -0.39 is 0 Å². The highest BCUT2D eigenvalue weighted by molar-refractivity contribution is 9.10. The molecule has 1 heterocycles. The van der Waals surface area contributed by atoms with Crippen molar-refractivity contribution in [2.24, 2.45) is 0 Å². The van der Waals surface area contributed by atoms with E-state index in [-0.39, 0.29) is 5.78 Å². The van der Waals surface area contributed by atoms with Gasteiger partial charge in [0.1, 0.15) is 0 Å². The molecule has 0 N–H and O–H groups in total. The molecule has 2 nitrogen and oxygen atoms in total. The Bertz CT molecular complexity index is 609. The molecule has 0 spiro atoms. The van der Waals surface area contributed by atoms with Gasteiger partial charge in [0, 0.05) is 28.9 Å². The Kier molecular flexibility index (Phi) is 3.00. The SMILES string of the molecule is O=C(CC1Cc2ccccc21)c1cncc(Br)c1. The lowest BCUT2D eigenvalue weighted by Gasteiger charge is -2.29. The second kappa shape index (κ2) is 4.65. The predicted octanol–water partition coefficient (Wildman–Crippen LogP) is 3.76. The summed E-state index contributed by atoms with van der Waals surface area (Å²) >= 11 is 3.34. The summed E-state index contributed by atoms with van der Waals surface area (Å²) < 4.78 is 0.849. The molecule has 0 saturated carbocycles. The van der Waals surface area contributed by atoms with Gasteiger partial charge in [-0.1, -0.05) is 24.3 Å². The number of fused-ring (bicyclic) bond motifs is 1. The Hall–Kier alpha value is -1.48. The van der Waals surface area contributed by atoms with E-state index in [0.717, 1.165) is 10.9 Å². The van der Waals surface area contributed by atoms with Crippen molar-refractivity contribution in [1.82, 2.24) is 4.98 Å². The maximum atomic E-state index is 12.1. The van der Waals surface area contributed by atoms with Crippen LogP contribution in [0, 0.1) is 0 Å². The molecule has 0 saturated heterocycles. The minimum absolute atomic E-state index is 0.170. The highest BCUT2D eigenvalue weighted by Gasteiger charge is 2.27. The van der Waals surface area contributed by atoms with Crippen molar-refractivity contribution in [3.05, 3.63) is 63.9 Å². The number of pyridine rings is 1. The zero-order valence-electron chi connectivity index (χ0n) is 9.77. The van der Waals surface area contributed by atoms with Gasteiger partial charge in [-0.3, -0.25) is 9.78 Å². The zero-order chi connectivity index (χ0) is 12.5. The van der Waals surface area contributed by atoms with Crippen LogP contribution >= 0.6 is 15.9 Å². The van der Waals surface area contributed by atoms with Crippen LogP contribution in [-0.4, -0.2) is 10.8 Å². The van der Waals surface area contributed by atoms with Crippen LogP contribution in [0.15, 0.2) is 47.2 Å². The Morgan fingerprint density at radius 1 is 1.33 bits per heavy atom. The van der Waals surface area contributed by atoms with E-state index in [0.29, 0.717) is 17.9 Å². The van der Waals surface area contributed by atoms with E-state index in [1.807, 2.05) is 12.1 Å². The largest absolute Gasteiger partial charge is 0.294 e. The number of carbonyl (C=O) groups excluding carboxylic acids is 1. The fraction of sp³-hybridized carbons (Fsp3) is 0.200. The highest BCUT2D eigenvalue weighted by Crippen LogP contribution is 2.37. The number of halogens is 1. The van der Waals surface area contributed by atoms with E-state index in [2.05, 4.69) is 39.1 Å². The third-order valence-electron chi connectivity index (χ3n) is 3.42. The van der Waals surface area contributed by atoms with Crippen LogP contribution in [0.25, 0.3) is 0 Å². The molecule has 0 aliphatic heterocycles. The fourth-order valence-corrected chi connectivity index (χ4v) is 2.82. The van der Waals surface area contributed by atoms with Gasteiger partial charge < -0.3 is 0 Å². The van der Waals surface area contributed by atoms with Gasteiger partial charge in [0.15, 0.2) is 5.78 Å². The van der Waals surface area contributed by atoms with Gasteiger partial charge in [-0.25, -0.2) is 0 Å². The van der Waals surface area contributed by atoms with E-state index in [1.165, 1.54) is 11.1 Å². The quantitative estimate of drug-likeness (QED) is 0.808. The van der Waals surface area contributed by atoms with E-state index >= 15 is 0 Å². The molecule has 0 fully saturated rings. The molecular weight excluding hydrogens is 290 g/mol. The number of aromatic nitrogens is 1. The smallest absolute Gasteiger partial charge is 0.165 e. The number of carbonyl (C=O) groups is 1. The third-order valence-corrected chi connectivity index (χ3v) is 3.85. The van der Waals surface area contributed by atoms with Gasteiger partial charge in [0.05, 0.1) is 0 Å². The summed E-state index contributed by atoms with van der Waals surface area (Å²) in [5, 5.41) is 0. The lowest BCUT2D eigenvalue weighted by atomic mass is 9.74. The van der Waals surface area contributed by atoms with Crippen molar-refractivity contribution in [1.29, 1.82) is 0 Å². The van der Waals surface area contributed by atoms with Gasteiger partial charge in [-0.15, -0.1) is 0 Å². The molecule has 1 aromatic carbocycles. The number of rotatable bonds is 3. The fourth-order valence-electron chi connectivity index (χ4n) is 2.45. The van der Waals surface area contributed by atoms with Crippen LogP contribution in [-0.2, 0) is 6.42 Å². The minimum Gasteiger partial charge on any atom is -0.294 e. The van der Waals surface area contributed by atoms with Crippen molar-refractivity contribution < 1.29 is 4.79 Å². The first-order chi connectivity index (χ1) is 8.74. The van der Waals surface area contributed by atoms with Crippen molar-refractivity contribution in [3.63, 3.8) is 0 Å². The van der Waals surface area contributed by atoms with E-state index in [1.54, 1.807) is 12.4 Å². The maximum Gasteiger partial charge on any atom is 0.165 e. The number of ketones is 1. The standard InChI is InChI=1S/C15H12BrNO/c16-13-6-12(8-17-9-13)15(18)7-11-5-10-3-1-2-4-14(10)11/h1-4,6,8-9,11H,5,7H2. The van der Waals surface area contributed by atoms with Crippen molar-refractivity contribution in [3.8, 4) is 0 Å². The van der Waals surface area contributed by atoms with Crippen LogP contribution < -0.4 is 0 Å². The summed E-state index contributed by atoms with van der Waals surface area (Å²) in [5.41, 5.74) is 3.39. The molecule has 1 aromatic heterocycles. The maximum absolute atomic E-state index is 12.1. The van der Waals surface area contributed by atoms with Crippen molar-refractivity contribution >= 4 is 21.7 Å². The van der Waals surface area contributed by atoms with E-state index in [4.69, 9.17) is 0 Å². The van der Waals surface area contributed by atoms with Crippen molar-refractivity contribution in [2.45, 2.75) is 18.8 Å². The molecule has 2 aromatic rings. The summed E-state index contributed by atoms with van der Waals surface area (Å²) in [6.45, 7) is 0. The zero-order valence-corrected chi connectivity index (χ0v) is 11.4. The first-order valence-electron chi connectivity index (χ1n) is 5.95. The molecular formula is C15H12BrNO. The Labute approximate surface area is 114 Å². The number of hydrogen-bond donors (Lipinski definition) is 0. The van der Waals surface area contributed by atoms with Crippen LogP contribution in [0.3, 0.4) is 0 Å². The monoisotopic (exact) mass is 301 g/mol. The minimum atomic E-state index is 0.170. The van der Waals surface area contributed by atoms with E-state index in [9.17, 15) is 4.79 Å². The molecule has 0 radical (unpaired) electrons. The van der Waals surface area contributed by atoms with Gasteiger partial charge in [-0.2, -0.15) is 0 Å². The van der Waals surface area contributed by atoms with Crippen LogP contribution in [0.5, 0.6) is 0 Å². The number of Topliss-reactive ketones (excluding diaryl/α,β-unsaturated/α-hetero) is 1. The molecule has 1 unspecified atom stereocenters. The second-order valence-corrected chi connectivity index (χ2v) is 5.53. The topological polar surface area (TPSA) is 30.0 Å². The number of hydrogen-bond acceptors (Lipinski definition) is 2. The Morgan fingerprint density at radius 3 is 2.94 bits per heavy atom. The molecule has 1 atom stereocenters. The molecule has 1 aliphatic rings. The first kappa shape index (κ1) is 11.6. The normalized spacial score (nSPS) is 16.8. The van der Waals surface area contributed by atoms with Crippen LogP contribution in [0.4, 0.5) is 0 Å². The average molecular weight is 302 g/mol. The first-order valence-corrected chi connectivity index (χ1v) is 6.75. The summed E-state index contributed by atoms with van der Waals surface area (Å²) in [7, 11) is 0. The second-order valence-electron chi connectivity index (χ2n) is 4.62. The van der Waals surface area contributed by atoms with Crippen LogP contribution in [0.1, 0.15) is 33.8 Å². The molecule has 90 valence electrons. The van der Waals surface area contributed by atoms with Gasteiger partial charge in [-0.05, 0) is 45.5 Å². The summed E-state index contributed by atoms with van der Waals surface area (Å²) in [6.07, 6.45) is 4.92. The van der Waals surface area contributed by atoms with Crippen molar-refractivity contribution in [2.75, 3.05) is 0 Å². The summed E-state index contributed by atoms with van der Waals surface area (Å²) in [4.78, 5) is 16.2. The average Bonchev–Trinajstić information content (AvgIpc) is 2.36. The lowest BCUT2D eigenvalue weighted by Crippen LogP contribution is -2.20. The molecule has 0 bridgehead atoms. The number of nitrogens with zero attached hydrogens (tertiary/aromatic N) is 1. The predicted molar refractivity (Wildman–Crippen MR) is 73.8 cm³/mol. The molecule has 0 amide bonds. The molecule has 18 heavy (non-hydrogen) atoms. The molecule has 3 heteroatoms. The Balaban J connectivity index is 1.74. The Morgan fingerprint density at radius 2 is 2.17 bits per heavy atom. The lowest BCUT2D eigenvalue weighted by molar-refractivity contribution is 0.0970. The third kappa shape index (κ3) is 2.10.